The molecule has 2 N–H and O–H groups in total. The lowest BCUT2D eigenvalue weighted by atomic mass is 9.94. The van der Waals surface area contributed by atoms with Gasteiger partial charge in [0.15, 0.2) is 0 Å². The number of nitrogens with zero attached hydrogens (tertiary/aromatic N) is 1. The second kappa shape index (κ2) is 9.57. The second-order valence-corrected chi connectivity index (χ2v) is 7.11. The summed E-state index contributed by atoms with van der Waals surface area (Å²) in [5, 5.41) is 12.2. The molecule has 0 radical (unpaired) electrons. The van der Waals surface area contributed by atoms with Crippen molar-refractivity contribution in [2.24, 2.45) is 0 Å². The van der Waals surface area contributed by atoms with Gasteiger partial charge in [0.25, 0.3) is 0 Å². The van der Waals surface area contributed by atoms with Gasteiger partial charge in [-0.3, -0.25) is 9.59 Å². The van der Waals surface area contributed by atoms with Crippen LogP contribution in [-0.4, -0.2) is 46.1 Å². The first-order chi connectivity index (χ1) is 10.6. The Balaban J connectivity index is 4.93. The number of unbranched alkanes of at least 4 members (excludes halogenated alkanes) is 1. The number of carbonyl (C=O) groups is 2. The normalized spacial score (nSPS) is 11.7. The molecule has 0 aromatic heterocycles. The molecule has 0 atom stereocenters. The smallest absolute Gasteiger partial charge is 0.222 e. The van der Waals surface area contributed by atoms with E-state index >= 15 is 0 Å². The largest absolute Gasteiger partial charge is 0.396 e. The lowest BCUT2D eigenvalue weighted by Gasteiger charge is -2.43. The first kappa shape index (κ1) is 21.5. The van der Waals surface area contributed by atoms with Crippen LogP contribution in [0.1, 0.15) is 66.7 Å². The predicted octanol–water partition coefficient (Wildman–Crippen LogP) is 2.08. The summed E-state index contributed by atoms with van der Waals surface area (Å²) in [7, 11) is 0. The van der Waals surface area contributed by atoms with E-state index in [0.29, 0.717) is 38.6 Å². The second-order valence-electron chi connectivity index (χ2n) is 7.11. The van der Waals surface area contributed by atoms with Crippen molar-refractivity contribution in [2.75, 3.05) is 13.2 Å². The van der Waals surface area contributed by atoms with Crippen molar-refractivity contribution >= 4 is 11.8 Å². The summed E-state index contributed by atoms with van der Waals surface area (Å²) in [6.07, 6.45) is 7.69. The molecule has 0 aliphatic carbocycles. The molecule has 2 amide bonds. The number of nitrogens with one attached hydrogen (secondary N) is 1. The Morgan fingerprint density at radius 2 is 1.87 bits per heavy atom. The Bertz CT molecular complexity index is 436. The first-order valence-electron chi connectivity index (χ1n) is 8.25. The number of hydrogen-bond donors (Lipinski definition) is 2. The van der Waals surface area contributed by atoms with E-state index in [2.05, 4.69) is 11.2 Å². The lowest BCUT2D eigenvalue weighted by molar-refractivity contribution is -0.139. The Morgan fingerprint density at radius 1 is 1.26 bits per heavy atom. The molecule has 0 aromatic carbocycles. The van der Waals surface area contributed by atoms with Gasteiger partial charge in [-0.15, -0.1) is 12.3 Å². The molecule has 0 heterocycles. The third kappa shape index (κ3) is 8.03. The number of rotatable bonds is 10. The van der Waals surface area contributed by atoms with Crippen molar-refractivity contribution in [2.45, 2.75) is 77.8 Å². The summed E-state index contributed by atoms with van der Waals surface area (Å²) in [6, 6.07) is 0. The van der Waals surface area contributed by atoms with Crippen LogP contribution in [0.25, 0.3) is 0 Å². The molecule has 23 heavy (non-hydrogen) atoms. The highest BCUT2D eigenvalue weighted by molar-refractivity contribution is 5.78. The highest BCUT2D eigenvalue weighted by Crippen LogP contribution is 2.22. The van der Waals surface area contributed by atoms with Crippen LogP contribution in [0.2, 0.25) is 0 Å². The standard InChI is InChI=1S/C18H32N2O3/c1-7-9-10-11-15(22)19-17(3,4)14-20(16(23)8-2)18(5,6)12-13-21/h1,21H,8-14H2,2-6H3,(H,19,22). The average Bonchev–Trinajstić information content (AvgIpc) is 2.43. The quantitative estimate of drug-likeness (QED) is 0.477. The molecule has 5 nitrogen and oxygen atoms in total. The Labute approximate surface area is 140 Å². The van der Waals surface area contributed by atoms with Crippen molar-refractivity contribution in [3.05, 3.63) is 0 Å². The molecule has 5 heteroatoms. The van der Waals surface area contributed by atoms with Gasteiger partial charge in [-0.25, -0.2) is 0 Å². The minimum absolute atomic E-state index is 0.0121. The van der Waals surface area contributed by atoms with Gasteiger partial charge in [0, 0.05) is 38.0 Å². The summed E-state index contributed by atoms with van der Waals surface area (Å²) in [4.78, 5) is 26.1. The first-order valence-corrected chi connectivity index (χ1v) is 8.25. The van der Waals surface area contributed by atoms with Gasteiger partial charge in [-0.2, -0.15) is 0 Å². The van der Waals surface area contributed by atoms with Crippen molar-refractivity contribution in [3.8, 4) is 12.3 Å². The molecule has 0 saturated carbocycles. The fraction of sp³-hybridized carbons (Fsp3) is 0.778. The van der Waals surface area contributed by atoms with Crippen molar-refractivity contribution in [3.63, 3.8) is 0 Å². The molecule has 0 fully saturated rings. The summed E-state index contributed by atoms with van der Waals surface area (Å²) in [5.41, 5.74) is -1.02. The van der Waals surface area contributed by atoms with E-state index in [1.54, 1.807) is 4.90 Å². The zero-order chi connectivity index (χ0) is 18.1. The maximum atomic E-state index is 12.3. The molecule has 132 valence electrons. The van der Waals surface area contributed by atoms with Gasteiger partial charge in [0.1, 0.15) is 0 Å². The number of amides is 2. The van der Waals surface area contributed by atoms with Gasteiger partial charge in [-0.1, -0.05) is 6.92 Å². The van der Waals surface area contributed by atoms with Crippen LogP contribution >= 0.6 is 0 Å². The van der Waals surface area contributed by atoms with Crippen molar-refractivity contribution in [1.82, 2.24) is 10.2 Å². The van der Waals surface area contributed by atoms with Crippen LogP contribution in [0.15, 0.2) is 0 Å². The fourth-order valence-corrected chi connectivity index (χ4v) is 2.46. The molecule has 0 aromatic rings. The topological polar surface area (TPSA) is 69.6 Å². The zero-order valence-electron chi connectivity index (χ0n) is 15.2. The zero-order valence-corrected chi connectivity index (χ0v) is 15.2. The summed E-state index contributed by atoms with van der Waals surface area (Å²) >= 11 is 0. The van der Waals surface area contributed by atoms with Crippen molar-refractivity contribution in [1.29, 1.82) is 0 Å². The third-order valence-corrected chi connectivity index (χ3v) is 3.81. The number of terminal acetylenes is 1. The van der Waals surface area contributed by atoms with Crippen LogP contribution in [0.3, 0.4) is 0 Å². The number of hydrogen-bond acceptors (Lipinski definition) is 3. The maximum absolute atomic E-state index is 12.3. The van der Waals surface area contributed by atoms with Crippen LogP contribution < -0.4 is 5.32 Å². The molecule has 0 spiro atoms. The van der Waals surface area contributed by atoms with E-state index in [0.717, 1.165) is 0 Å². The highest BCUT2D eigenvalue weighted by Gasteiger charge is 2.34. The highest BCUT2D eigenvalue weighted by atomic mass is 16.3. The SMILES string of the molecule is C#CCCCC(=O)NC(C)(C)CN(C(=O)CC)C(C)(C)CCO. The van der Waals surface area contributed by atoms with E-state index < -0.39 is 11.1 Å². The molecule has 0 rings (SSSR count). The molecule has 0 bridgehead atoms. The van der Waals surface area contributed by atoms with E-state index in [1.165, 1.54) is 0 Å². The summed E-state index contributed by atoms with van der Waals surface area (Å²) < 4.78 is 0. The monoisotopic (exact) mass is 324 g/mol. The van der Waals surface area contributed by atoms with E-state index in [-0.39, 0.29) is 18.4 Å². The van der Waals surface area contributed by atoms with Crippen molar-refractivity contribution < 1.29 is 14.7 Å². The summed E-state index contributed by atoms with van der Waals surface area (Å²) in [6.45, 7) is 9.89. The predicted molar refractivity (Wildman–Crippen MR) is 92.7 cm³/mol. The van der Waals surface area contributed by atoms with E-state index in [9.17, 15) is 14.7 Å². The van der Waals surface area contributed by atoms with Gasteiger partial charge in [0.05, 0.1) is 5.54 Å². The fourth-order valence-electron chi connectivity index (χ4n) is 2.46. The minimum atomic E-state index is -0.551. The van der Waals surface area contributed by atoms with E-state index in [1.807, 2.05) is 34.6 Å². The maximum Gasteiger partial charge on any atom is 0.222 e. The number of carbonyl (C=O) groups excluding carboxylic acids is 2. The molecule has 0 unspecified atom stereocenters. The van der Waals surface area contributed by atoms with Gasteiger partial charge >= 0.3 is 0 Å². The molecule has 0 aliphatic rings. The van der Waals surface area contributed by atoms with Gasteiger partial charge < -0.3 is 15.3 Å². The van der Waals surface area contributed by atoms with Crippen LogP contribution in [-0.2, 0) is 9.59 Å². The van der Waals surface area contributed by atoms with Crippen LogP contribution in [0.4, 0.5) is 0 Å². The Kier molecular flexibility index (Phi) is 8.93. The van der Waals surface area contributed by atoms with Crippen LogP contribution in [0.5, 0.6) is 0 Å². The van der Waals surface area contributed by atoms with Gasteiger partial charge in [0.2, 0.25) is 11.8 Å². The third-order valence-electron chi connectivity index (χ3n) is 3.81. The number of aliphatic hydroxyl groups excluding tert-OH is 1. The minimum Gasteiger partial charge on any atom is -0.396 e. The van der Waals surface area contributed by atoms with Gasteiger partial charge in [-0.05, 0) is 40.5 Å². The van der Waals surface area contributed by atoms with Crippen LogP contribution in [0, 0.1) is 12.3 Å². The molecular weight excluding hydrogens is 292 g/mol. The summed E-state index contributed by atoms with van der Waals surface area (Å²) in [5.74, 6) is 2.47. The molecule has 0 saturated heterocycles. The Morgan fingerprint density at radius 3 is 2.35 bits per heavy atom. The molecule has 0 aliphatic heterocycles. The molecular formula is C18H32N2O3. The average molecular weight is 324 g/mol. The lowest BCUT2D eigenvalue weighted by Crippen LogP contribution is -2.58. The number of aliphatic hydroxyl groups is 1. The Hall–Kier alpha value is -1.54. The van der Waals surface area contributed by atoms with E-state index in [4.69, 9.17) is 6.42 Å².